The summed E-state index contributed by atoms with van der Waals surface area (Å²) in [5.41, 5.74) is 5.11. The predicted octanol–water partition coefficient (Wildman–Crippen LogP) is 6.76. The maximum atomic E-state index is 11.7. The highest BCUT2D eigenvalue weighted by Gasteiger charge is 2.57. The van der Waals surface area contributed by atoms with E-state index in [0.717, 1.165) is 24.0 Å². The van der Waals surface area contributed by atoms with Crippen LogP contribution in [-0.2, 0) is 16.6 Å². The summed E-state index contributed by atoms with van der Waals surface area (Å²) in [4.78, 5) is 11.7. The number of aryl methyl sites for hydroxylation is 1. The number of hydrogen-bond acceptors (Lipinski definition) is 2. The van der Waals surface area contributed by atoms with Gasteiger partial charge in [-0.15, -0.1) is 0 Å². The van der Waals surface area contributed by atoms with E-state index in [9.17, 15) is 4.79 Å². The van der Waals surface area contributed by atoms with Gasteiger partial charge >= 0.3 is 5.97 Å². The van der Waals surface area contributed by atoms with Crippen LogP contribution in [0.1, 0.15) is 96.3 Å². The van der Waals surface area contributed by atoms with Crippen molar-refractivity contribution in [3.63, 3.8) is 0 Å². The van der Waals surface area contributed by atoms with Crippen molar-refractivity contribution in [1.82, 2.24) is 0 Å². The number of benzene rings is 1. The molecule has 4 atom stereocenters. The number of fused-ring (bicyclic) bond motifs is 5. The van der Waals surface area contributed by atoms with Gasteiger partial charge in [0.05, 0.1) is 0 Å². The van der Waals surface area contributed by atoms with Crippen LogP contribution < -0.4 is 4.74 Å². The van der Waals surface area contributed by atoms with E-state index in [4.69, 9.17) is 4.74 Å². The third kappa shape index (κ3) is 3.23. The van der Waals surface area contributed by atoms with Crippen molar-refractivity contribution in [2.24, 2.45) is 17.3 Å². The first-order valence-electron chi connectivity index (χ1n) is 11.2. The van der Waals surface area contributed by atoms with Gasteiger partial charge < -0.3 is 4.74 Å². The molecule has 0 radical (unpaired) electrons. The molecule has 0 bridgehead atoms. The molecular formula is C25H38O2. The zero-order valence-corrected chi connectivity index (χ0v) is 18.3. The van der Waals surface area contributed by atoms with E-state index in [1.54, 1.807) is 5.56 Å². The zero-order chi connectivity index (χ0) is 19.8. The predicted molar refractivity (Wildman–Crippen MR) is 112 cm³/mol. The molecule has 2 nitrogen and oxygen atoms in total. The van der Waals surface area contributed by atoms with Gasteiger partial charge in [0.1, 0.15) is 5.75 Å². The summed E-state index contributed by atoms with van der Waals surface area (Å²) in [6, 6.07) is 4.26. The average molecular weight is 371 g/mol. The summed E-state index contributed by atoms with van der Waals surface area (Å²) in [5.74, 6) is 2.26. The van der Waals surface area contributed by atoms with Crippen LogP contribution in [-0.4, -0.2) is 5.97 Å². The van der Waals surface area contributed by atoms with Crippen LogP contribution in [0.4, 0.5) is 0 Å². The maximum Gasteiger partial charge on any atom is 0.310 e. The van der Waals surface area contributed by atoms with Crippen molar-refractivity contribution in [3.05, 3.63) is 28.8 Å². The van der Waals surface area contributed by atoms with Gasteiger partial charge in [-0.3, -0.25) is 4.79 Å². The highest BCUT2D eigenvalue weighted by molar-refractivity contribution is 5.72. The van der Waals surface area contributed by atoms with Crippen molar-refractivity contribution < 1.29 is 9.53 Å². The fraction of sp³-hybridized carbons (Fsp3) is 0.720. The van der Waals surface area contributed by atoms with Gasteiger partial charge in [0.15, 0.2) is 0 Å². The molecule has 4 unspecified atom stereocenters. The van der Waals surface area contributed by atoms with Gasteiger partial charge in [0.25, 0.3) is 0 Å². The molecule has 2 heteroatoms. The van der Waals surface area contributed by atoms with Crippen LogP contribution >= 0.6 is 0 Å². The minimum absolute atomic E-state index is 0.139. The highest BCUT2D eigenvalue weighted by Crippen LogP contribution is 2.64. The van der Waals surface area contributed by atoms with E-state index >= 15 is 0 Å². The number of esters is 1. The van der Waals surface area contributed by atoms with Crippen molar-refractivity contribution in [2.75, 3.05) is 0 Å². The monoisotopic (exact) mass is 370 g/mol. The molecule has 150 valence electrons. The highest BCUT2D eigenvalue weighted by atomic mass is 16.5. The smallest absolute Gasteiger partial charge is 0.310 e. The molecule has 27 heavy (non-hydrogen) atoms. The van der Waals surface area contributed by atoms with Crippen LogP contribution in [0.3, 0.4) is 0 Å². The van der Waals surface area contributed by atoms with E-state index in [0.29, 0.717) is 17.3 Å². The second kappa shape index (κ2) is 7.60. The van der Waals surface area contributed by atoms with E-state index < -0.39 is 0 Å². The number of carbonyl (C=O) groups excluding carboxylic acids is 1. The fourth-order valence-electron chi connectivity index (χ4n) is 6.78. The summed E-state index contributed by atoms with van der Waals surface area (Å²) in [6.45, 7) is 13.2. The number of ether oxygens (including phenoxy) is 1. The van der Waals surface area contributed by atoms with Crippen molar-refractivity contribution in [1.29, 1.82) is 0 Å². The molecule has 2 saturated carbocycles. The minimum atomic E-state index is -0.139. The molecule has 0 aromatic heterocycles. The van der Waals surface area contributed by atoms with E-state index in [1.165, 1.54) is 49.7 Å². The summed E-state index contributed by atoms with van der Waals surface area (Å²) >= 11 is 0. The van der Waals surface area contributed by atoms with Gasteiger partial charge in [-0.1, -0.05) is 47.5 Å². The van der Waals surface area contributed by atoms with Gasteiger partial charge in [-0.25, -0.2) is 0 Å². The normalized spacial score (nSPS) is 33.9. The second-order valence-corrected chi connectivity index (χ2v) is 9.26. The molecule has 0 N–H and O–H groups in total. The molecule has 0 saturated heterocycles. The first kappa shape index (κ1) is 20.4. The lowest BCUT2D eigenvalue weighted by molar-refractivity contribution is -0.134. The molecule has 0 spiro atoms. The van der Waals surface area contributed by atoms with Crippen molar-refractivity contribution in [3.8, 4) is 5.75 Å². The van der Waals surface area contributed by atoms with Crippen LogP contribution in [0.5, 0.6) is 5.75 Å². The molecule has 4 rings (SSSR count). The number of rotatable bonds is 2. The Morgan fingerprint density at radius 1 is 1.15 bits per heavy atom. The Kier molecular flexibility index (Phi) is 5.75. The minimum Gasteiger partial charge on any atom is -0.427 e. The SMILES string of the molecule is CC.CCC(=O)Oc1cc(C)c2c(c1)CC1C2(C)CCC2CCCCC21C. The fourth-order valence-corrected chi connectivity index (χ4v) is 6.78. The lowest BCUT2D eigenvalue weighted by Crippen LogP contribution is -2.50. The first-order chi connectivity index (χ1) is 12.9. The molecule has 0 amide bonds. The Hall–Kier alpha value is -1.31. The van der Waals surface area contributed by atoms with Crippen LogP contribution in [0, 0.1) is 24.2 Å². The largest absolute Gasteiger partial charge is 0.427 e. The van der Waals surface area contributed by atoms with E-state index in [1.807, 2.05) is 20.8 Å². The Labute approximate surface area is 166 Å². The Balaban J connectivity index is 0.00000102. The second-order valence-electron chi connectivity index (χ2n) is 9.26. The van der Waals surface area contributed by atoms with Crippen LogP contribution in [0.25, 0.3) is 0 Å². The third-order valence-corrected chi connectivity index (χ3v) is 7.93. The lowest BCUT2D eigenvalue weighted by atomic mass is 9.48. The first-order valence-corrected chi connectivity index (χ1v) is 11.2. The van der Waals surface area contributed by atoms with Crippen LogP contribution in [0.15, 0.2) is 12.1 Å². The standard InChI is InChI=1S/C23H32O2.C2H6/c1-5-20(24)25-18-12-15(2)21-16(13-18)14-19-22(3)10-7-6-8-17(22)9-11-23(19,21)4;1-2/h12-13,17,19H,5-11,14H2,1-4H3;1-2H3. The summed E-state index contributed by atoms with van der Waals surface area (Å²) < 4.78 is 5.55. The van der Waals surface area contributed by atoms with Gasteiger partial charge in [-0.2, -0.15) is 0 Å². The Morgan fingerprint density at radius 2 is 1.89 bits per heavy atom. The lowest BCUT2D eigenvalue weighted by Gasteiger charge is -2.56. The van der Waals surface area contributed by atoms with Crippen molar-refractivity contribution >= 4 is 5.97 Å². The van der Waals surface area contributed by atoms with Gasteiger partial charge in [-0.05, 0) is 90.5 Å². The van der Waals surface area contributed by atoms with Gasteiger partial charge in [0, 0.05) is 6.42 Å². The Morgan fingerprint density at radius 3 is 2.59 bits per heavy atom. The van der Waals surface area contributed by atoms with Crippen LogP contribution in [0.2, 0.25) is 0 Å². The molecule has 3 aliphatic carbocycles. The molecule has 1 aromatic carbocycles. The molecule has 0 aliphatic heterocycles. The maximum absolute atomic E-state index is 11.7. The number of carbonyl (C=O) groups is 1. The number of hydrogen-bond donors (Lipinski definition) is 0. The quantitative estimate of drug-likeness (QED) is 0.425. The van der Waals surface area contributed by atoms with Crippen molar-refractivity contribution in [2.45, 2.75) is 98.3 Å². The topological polar surface area (TPSA) is 26.3 Å². The average Bonchev–Trinajstić information content (AvgIpc) is 2.97. The Bertz CT molecular complexity index is 707. The van der Waals surface area contributed by atoms with E-state index in [-0.39, 0.29) is 5.97 Å². The molecular weight excluding hydrogens is 332 g/mol. The third-order valence-electron chi connectivity index (χ3n) is 7.93. The summed E-state index contributed by atoms with van der Waals surface area (Å²) in [7, 11) is 0. The molecule has 2 fully saturated rings. The van der Waals surface area contributed by atoms with E-state index in [2.05, 4.69) is 32.9 Å². The molecule has 1 aromatic rings. The summed E-state index contributed by atoms with van der Waals surface area (Å²) in [6.07, 6.45) is 9.93. The molecule has 3 aliphatic rings. The molecule has 0 heterocycles. The zero-order valence-electron chi connectivity index (χ0n) is 18.3. The summed E-state index contributed by atoms with van der Waals surface area (Å²) in [5, 5.41) is 0. The van der Waals surface area contributed by atoms with Gasteiger partial charge in [0.2, 0.25) is 0 Å².